The second-order valence-corrected chi connectivity index (χ2v) is 8.78. The average molecular weight is 470 g/mol. The van der Waals surface area contributed by atoms with Crippen LogP contribution in [0.15, 0.2) is 78.9 Å². The Hall–Kier alpha value is -4.26. The van der Waals surface area contributed by atoms with Crippen LogP contribution in [0, 0.1) is 0 Å². The summed E-state index contributed by atoms with van der Waals surface area (Å²) in [5.41, 5.74) is 1.73. The molecule has 7 nitrogen and oxygen atoms in total. The molecular formula is C28H27N3O4. The molecular weight excluding hydrogens is 442 g/mol. The number of aromatic nitrogens is 1. The van der Waals surface area contributed by atoms with E-state index < -0.39 is 5.54 Å². The zero-order valence-electron chi connectivity index (χ0n) is 19.9. The number of ether oxygens (including phenoxy) is 2. The minimum atomic E-state index is -1.19. The lowest BCUT2D eigenvalue weighted by atomic mass is 9.93. The molecule has 1 aliphatic rings. The molecule has 4 aromatic rings. The summed E-state index contributed by atoms with van der Waals surface area (Å²) in [6.45, 7) is 2.38. The van der Waals surface area contributed by atoms with Gasteiger partial charge in [-0.15, -0.1) is 0 Å². The van der Waals surface area contributed by atoms with Crippen molar-refractivity contribution in [1.82, 2.24) is 9.88 Å². The van der Waals surface area contributed by atoms with Crippen LogP contribution in [0.1, 0.15) is 23.0 Å². The summed E-state index contributed by atoms with van der Waals surface area (Å²) in [4.78, 5) is 29.4. The van der Waals surface area contributed by atoms with Gasteiger partial charge in [-0.05, 0) is 37.3 Å². The first-order chi connectivity index (χ1) is 17.0. The molecule has 7 heteroatoms. The van der Waals surface area contributed by atoms with E-state index in [0.29, 0.717) is 29.4 Å². The van der Waals surface area contributed by atoms with E-state index in [1.807, 2.05) is 77.4 Å². The number of amides is 2. The number of nitrogens with one attached hydrogen (secondary N) is 1. The van der Waals surface area contributed by atoms with Gasteiger partial charge in [-0.25, -0.2) is 0 Å². The lowest BCUT2D eigenvalue weighted by Crippen LogP contribution is -2.64. The predicted octanol–water partition coefficient (Wildman–Crippen LogP) is 4.39. The number of carbonyl (C=O) groups is 2. The van der Waals surface area contributed by atoms with Crippen molar-refractivity contribution >= 4 is 28.4 Å². The number of carbonyl (C=O) groups excluding carboxylic acids is 2. The summed E-state index contributed by atoms with van der Waals surface area (Å²) in [5.74, 6) is 0.804. The van der Waals surface area contributed by atoms with Crippen molar-refractivity contribution in [3.63, 3.8) is 0 Å². The first-order valence-corrected chi connectivity index (χ1v) is 11.4. The van der Waals surface area contributed by atoms with Crippen LogP contribution in [0.3, 0.4) is 0 Å². The highest BCUT2D eigenvalue weighted by atomic mass is 16.5. The SMILES string of the molecule is COc1cccc(N2C(=O)c3cc4ccccc4n3CC2(C)C(=O)NCc2ccccc2OC)c1. The van der Waals surface area contributed by atoms with E-state index in [2.05, 4.69) is 5.32 Å². The van der Waals surface area contributed by atoms with Gasteiger partial charge in [0.25, 0.3) is 5.91 Å². The molecule has 0 saturated heterocycles. The normalized spacial score (nSPS) is 17.2. The summed E-state index contributed by atoms with van der Waals surface area (Å²) in [7, 11) is 3.18. The van der Waals surface area contributed by atoms with Gasteiger partial charge >= 0.3 is 0 Å². The van der Waals surface area contributed by atoms with Crippen LogP contribution < -0.4 is 19.7 Å². The molecule has 0 spiro atoms. The number of anilines is 1. The number of nitrogens with zero attached hydrogens (tertiary/aromatic N) is 2. The van der Waals surface area contributed by atoms with E-state index in [9.17, 15) is 9.59 Å². The molecule has 2 heterocycles. The molecule has 0 bridgehead atoms. The molecule has 0 fully saturated rings. The molecule has 35 heavy (non-hydrogen) atoms. The van der Waals surface area contributed by atoms with Crippen LogP contribution in [0.2, 0.25) is 0 Å². The molecule has 1 aromatic heterocycles. The minimum Gasteiger partial charge on any atom is -0.497 e. The van der Waals surface area contributed by atoms with Gasteiger partial charge < -0.3 is 19.4 Å². The predicted molar refractivity (Wildman–Crippen MR) is 135 cm³/mol. The Kier molecular flexibility index (Phi) is 5.68. The Labute approximate surface area is 203 Å². The van der Waals surface area contributed by atoms with Crippen LogP contribution in [-0.4, -0.2) is 36.1 Å². The topological polar surface area (TPSA) is 72.8 Å². The summed E-state index contributed by atoms with van der Waals surface area (Å²) in [6, 6.07) is 24.5. The summed E-state index contributed by atoms with van der Waals surface area (Å²) in [5, 5.41) is 4.00. The fourth-order valence-electron chi connectivity index (χ4n) is 4.82. The molecule has 0 radical (unpaired) electrons. The van der Waals surface area contributed by atoms with E-state index in [1.165, 1.54) is 0 Å². The number of fused-ring (bicyclic) bond motifs is 3. The number of rotatable bonds is 6. The van der Waals surface area contributed by atoms with Gasteiger partial charge in [-0.3, -0.25) is 14.5 Å². The van der Waals surface area contributed by atoms with Gasteiger partial charge in [0.1, 0.15) is 22.7 Å². The van der Waals surface area contributed by atoms with E-state index in [0.717, 1.165) is 16.5 Å². The van der Waals surface area contributed by atoms with Gasteiger partial charge in [0.05, 0.1) is 20.8 Å². The maximum Gasteiger partial charge on any atom is 0.275 e. The zero-order valence-corrected chi connectivity index (χ0v) is 19.9. The number of para-hydroxylation sites is 2. The van der Waals surface area contributed by atoms with E-state index in [1.54, 1.807) is 32.1 Å². The van der Waals surface area contributed by atoms with Gasteiger partial charge in [0, 0.05) is 34.8 Å². The lowest BCUT2D eigenvalue weighted by molar-refractivity contribution is -0.126. The second-order valence-electron chi connectivity index (χ2n) is 8.78. The van der Waals surface area contributed by atoms with Crippen molar-refractivity contribution in [2.75, 3.05) is 19.1 Å². The quantitative estimate of drug-likeness (QED) is 0.455. The van der Waals surface area contributed by atoms with Crippen LogP contribution in [-0.2, 0) is 17.9 Å². The fourth-order valence-corrected chi connectivity index (χ4v) is 4.82. The molecule has 1 atom stereocenters. The van der Waals surface area contributed by atoms with Crippen LogP contribution in [0.4, 0.5) is 5.69 Å². The minimum absolute atomic E-state index is 0.240. The van der Waals surface area contributed by atoms with Crippen molar-refractivity contribution < 1.29 is 19.1 Å². The van der Waals surface area contributed by atoms with Crippen molar-refractivity contribution in [3.05, 3.63) is 90.1 Å². The van der Waals surface area contributed by atoms with Gasteiger partial charge in [-0.1, -0.05) is 42.5 Å². The van der Waals surface area contributed by atoms with E-state index >= 15 is 0 Å². The van der Waals surface area contributed by atoms with Gasteiger partial charge in [0.2, 0.25) is 5.91 Å². The van der Waals surface area contributed by atoms with Crippen LogP contribution in [0.25, 0.3) is 10.9 Å². The highest BCUT2D eigenvalue weighted by Gasteiger charge is 2.48. The average Bonchev–Trinajstić information content (AvgIpc) is 3.26. The Morgan fingerprint density at radius 3 is 2.54 bits per heavy atom. The number of hydrogen-bond donors (Lipinski definition) is 1. The summed E-state index contributed by atoms with van der Waals surface area (Å²) in [6.07, 6.45) is 0. The lowest BCUT2D eigenvalue weighted by Gasteiger charge is -2.44. The molecule has 0 aliphatic carbocycles. The molecule has 2 amide bonds. The number of benzene rings is 3. The molecule has 0 saturated carbocycles. The van der Waals surface area contributed by atoms with Crippen molar-refractivity contribution in [1.29, 1.82) is 0 Å². The maximum absolute atomic E-state index is 13.9. The van der Waals surface area contributed by atoms with Crippen molar-refractivity contribution in [2.45, 2.75) is 25.6 Å². The van der Waals surface area contributed by atoms with Crippen molar-refractivity contribution in [3.8, 4) is 11.5 Å². The molecule has 5 rings (SSSR count). The smallest absolute Gasteiger partial charge is 0.275 e. The maximum atomic E-state index is 13.9. The highest BCUT2D eigenvalue weighted by Crippen LogP contribution is 2.37. The Bertz CT molecular complexity index is 1430. The van der Waals surface area contributed by atoms with Crippen LogP contribution >= 0.6 is 0 Å². The van der Waals surface area contributed by atoms with Crippen molar-refractivity contribution in [2.24, 2.45) is 0 Å². The molecule has 1 N–H and O–H groups in total. The Morgan fingerprint density at radius 2 is 1.74 bits per heavy atom. The third-order valence-electron chi connectivity index (χ3n) is 6.62. The molecule has 3 aromatic carbocycles. The Morgan fingerprint density at radius 1 is 0.971 bits per heavy atom. The molecule has 178 valence electrons. The number of hydrogen-bond acceptors (Lipinski definition) is 4. The first kappa shape index (κ1) is 22.5. The van der Waals surface area contributed by atoms with Gasteiger partial charge in [-0.2, -0.15) is 0 Å². The Balaban J connectivity index is 1.58. The van der Waals surface area contributed by atoms with Crippen LogP contribution in [0.5, 0.6) is 11.5 Å². The van der Waals surface area contributed by atoms with E-state index in [-0.39, 0.29) is 18.4 Å². The van der Waals surface area contributed by atoms with Gasteiger partial charge in [0.15, 0.2) is 0 Å². The third kappa shape index (κ3) is 3.79. The fraction of sp³-hybridized carbons (Fsp3) is 0.214. The monoisotopic (exact) mass is 469 g/mol. The summed E-state index contributed by atoms with van der Waals surface area (Å²) < 4.78 is 12.8. The largest absolute Gasteiger partial charge is 0.497 e. The highest BCUT2D eigenvalue weighted by molar-refractivity contribution is 6.14. The number of methoxy groups -OCH3 is 2. The zero-order chi connectivity index (χ0) is 24.6. The first-order valence-electron chi connectivity index (χ1n) is 11.4. The molecule has 1 unspecified atom stereocenters. The summed E-state index contributed by atoms with van der Waals surface area (Å²) >= 11 is 0. The molecule has 1 aliphatic heterocycles. The third-order valence-corrected chi connectivity index (χ3v) is 6.62. The standard InChI is InChI=1S/C28H27N3O4/c1-28(27(33)29-17-20-10-5-7-14-25(20)35-3)18-30-23-13-6-4-9-19(23)15-24(30)26(32)31(28)21-11-8-12-22(16-21)34-2/h4-16H,17-18H2,1-3H3,(H,29,33). The second kappa shape index (κ2) is 8.83. The van der Waals surface area contributed by atoms with E-state index in [4.69, 9.17) is 9.47 Å².